The van der Waals surface area contributed by atoms with Crippen LogP contribution in [0.2, 0.25) is 10.0 Å². The fourth-order valence-electron chi connectivity index (χ4n) is 4.11. The van der Waals surface area contributed by atoms with E-state index in [9.17, 15) is 0 Å². The van der Waals surface area contributed by atoms with E-state index in [-0.39, 0.29) is 0 Å². The van der Waals surface area contributed by atoms with Crippen molar-refractivity contribution >= 4 is 46.1 Å². The first-order valence-electron chi connectivity index (χ1n) is 10.2. The van der Waals surface area contributed by atoms with Crippen LogP contribution in [0.4, 0.5) is 17.1 Å². The highest BCUT2D eigenvalue weighted by molar-refractivity contribution is 6.31. The number of benzene rings is 3. The molecular formula is C24H23Cl2N4+. The highest BCUT2D eigenvalue weighted by Gasteiger charge is 2.28. The molecule has 1 fully saturated rings. The molecule has 152 valence electrons. The fraction of sp³-hybridized carbons (Fsp3) is 0.208. The molecule has 3 aromatic rings. The highest BCUT2D eigenvalue weighted by Crippen LogP contribution is 2.34. The topological polar surface area (TPSA) is 30.3 Å². The molecule has 6 heteroatoms. The van der Waals surface area contributed by atoms with Crippen LogP contribution in [-0.4, -0.2) is 41.5 Å². The summed E-state index contributed by atoms with van der Waals surface area (Å²) in [5.74, 6) is 1.12. The summed E-state index contributed by atoms with van der Waals surface area (Å²) >= 11 is 12.6. The zero-order valence-corrected chi connectivity index (χ0v) is 18.0. The number of rotatable bonds is 2. The summed E-state index contributed by atoms with van der Waals surface area (Å²) in [6, 6.07) is 22.4. The summed E-state index contributed by atoms with van der Waals surface area (Å²) < 4.78 is 2.43. The van der Waals surface area contributed by atoms with Crippen LogP contribution in [0, 0.1) is 0 Å². The number of amidine groups is 1. The molecule has 2 aliphatic rings. The zero-order chi connectivity index (χ0) is 20.5. The average molecular weight is 438 g/mol. The molecule has 2 N–H and O–H groups in total. The average Bonchev–Trinajstić information content (AvgIpc) is 2.92. The van der Waals surface area contributed by atoms with Crippen LogP contribution >= 0.6 is 23.2 Å². The normalized spacial score (nSPS) is 16.2. The second-order valence-corrected chi connectivity index (χ2v) is 8.53. The van der Waals surface area contributed by atoms with E-state index in [1.54, 1.807) is 0 Å². The minimum atomic E-state index is 0.720. The number of piperazine rings is 1. The van der Waals surface area contributed by atoms with Crippen LogP contribution in [0.15, 0.2) is 66.7 Å². The van der Waals surface area contributed by atoms with Gasteiger partial charge in [-0.2, -0.15) is 0 Å². The van der Waals surface area contributed by atoms with Gasteiger partial charge in [-0.15, -0.1) is 0 Å². The van der Waals surface area contributed by atoms with E-state index in [4.69, 9.17) is 23.2 Å². The van der Waals surface area contributed by atoms with Crippen LogP contribution in [0.25, 0.3) is 0 Å². The molecule has 2 heterocycles. The Kier molecular flexibility index (Phi) is 5.38. The van der Waals surface area contributed by atoms with E-state index in [1.165, 1.54) is 11.1 Å². The first kappa shape index (κ1) is 19.4. The molecule has 0 saturated carbocycles. The molecule has 1 saturated heterocycles. The van der Waals surface area contributed by atoms with E-state index in [2.05, 4.69) is 56.5 Å². The SMILES string of the molecule is Clc1ccc2c(c1)NC(=[N+]1CCN(Cc3ccccc3Cl)CC1)c1ccccc1N2. The first-order valence-corrected chi connectivity index (χ1v) is 10.9. The molecule has 0 bridgehead atoms. The Morgan fingerprint density at radius 2 is 1.57 bits per heavy atom. The summed E-state index contributed by atoms with van der Waals surface area (Å²) in [6.45, 7) is 4.73. The number of anilines is 3. The van der Waals surface area contributed by atoms with Gasteiger partial charge in [0.05, 0.1) is 30.0 Å². The first-order chi connectivity index (χ1) is 14.7. The standard InChI is InChI=1S/C24H22Cl2N4/c25-18-9-10-22-23(15-18)28-24(19-6-2-4-8-21(19)27-22)30-13-11-29(12-14-30)16-17-5-1-3-7-20(17)26/h1-10,15H,11-14,16H2,(H,27,28)/p+1. The zero-order valence-electron chi connectivity index (χ0n) is 16.5. The summed E-state index contributed by atoms with van der Waals surface area (Å²) in [5.41, 5.74) is 5.47. The van der Waals surface area contributed by atoms with Gasteiger partial charge < -0.3 is 5.32 Å². The summed E-state index contributed by atoms with van der Waals surface area (Å²) in [7, 11) is 0. The lowest BCUT2D eigenvalue weighted by atomic mass is 10.1. The maximum Gasteiger partial charge on any atom is 0.284 e. The molecule has 0 aromatic heterocycles. The van der Waals surface area contributed by atoms with Gasteiger partial charge in [-0.1, -0.05) is 53.5 Å². The second-order valence-electron chi connectivity index (χ2n) is 7.69. The van der Waals surface area contributed by atoms with Crippen LogP contribution in [0.1, 0.15) is 11.1 Å². The van der Waals surface area contributed by atoms with E-state index in [1.807, 2.05) is 30.3 Å². The van der Waals surface area contributed by atoms with Gasteiger partial charge >= 0.3 is 0 Å². The molecular weight excluding hydrogens is 415 g/mol. The fourth-order valence-corrected chi connectivity index (χ4v) is 4.48. The van der Waals surface area contributed by atoms with Gasteiger partial charge in [0.25, 0.3) is 5.84 Å². The van der Waals surface area contributed by atoms with Crippen molar-refractivity contribution in [3.63, 3.8) is 0 Å². The lowest BCUT2D eigenvalue weighted by Crippen LogP contribution is -2.45. The van der Waals surface area contributed by atoms with Crippen molar-refractivity contribution in [2.45, 2.75) is 6.54 Å². The number of hydrogen-bond acceptors (Lipinski definition) is 2. The Bertz CT molecular complexity index is 1120. The van der Waals surface area contributed by atoms with E-state index >= 15 is 0 Å². The number of halogens is 2. The molecule has 2 aliphatic heterocycles. The number of para-hydroxylation sites is 1. The number of nitrogens with zero attached hydrogens (tertiary/aromatic N) is 2. The van der Waals surface area contributed by atoms with E-state index in [0.717, 1.165) is 65.7 Å². The third-order valence-electron chi connectivity index (χ3n) is 5.73. The number of fused-ring (bicyclic) bond motifs is 2. The van der Waals surface area contributed by atoms with Gasteiger partial charge in [0.15, 0.2) is 0 Å². The van der Waals surface area contributed by atoms with Gasteiger partial charge in [-0.25, -0.2) is 5.32 Å². The maximum absolute atomic E-state index is 6.36. The number of nitrogens with one attached hydrogen (secondary N) is 2. The van der Waals surface area contributed by atoms with Crippen molar-refractivity contribution in [3.05, 3.63) is 87.9 Å². The molecule has 0 radical (unpaired) electrons. The van der Waals surface area contributed by atoms with Crippen molar-refractivity contribution in [1.29, 1.82) is 0 Å². The third kappa shape index (κ3) is 3.91. The van der Waals surface area contributed by atoms with Crippen LogP contribution < -0.4 is 10.6 Å². The quantitative estimate of drug-likeness (QED) is 0.523. The van der Waals surface area contributed by atoms with Gasteiger partial charge in [-0.05, 0) is 35.9 Å². The molecule has 3 aromatic carbocycles. The minimum absolute atomic E-state index is 0.720. The second kappa shape index (κ2) is 8.31. The third-order valence-corrected chi connectivity index (χ3v) is 6.33. The van der Waals surface area contributed by atoms with Crippen LogP contribution in [0.3, 0.4) is 0 Å². The lowest BCUT2D eigenvalue weighted by Gasteiger charge is -2.28. The van der Waals surface area contributed by atoms with Gasteiger partial charge in [0, 0.05) is 35.7 Å². The van der Waals surface area contributed by atoms with Crippen molar-refractivity contribution < 1.29 is 4.58 Å². The van der Waals surface area contributed by atoms with Crippen molar-refractivity contribution in [1.82, 2.24) is 4.90 Å². The Morgan fingerprint density at radius 3 is 2.40 bits per heavy atom. The molecule has 0 unspecified atom stereocenters. The molecule has 0 spiro atoms. The molecule has 0 atom stereocenters. The molecule has 30 heavy (non-hydrogen) atoms. The predicted molar refractivity (Wildman–Crippen MR) is 126 cm³/mol. The van der Waals surface area contributed by atoms with Gasteiger partial charge in [0.2, 0.25) is 0 Å². The lowest BCUT2D eigenvalue weighted by molar-refractivity contribution is -0.539. The van der Waals surface area contributed by atoms with E-state index < -0.39 is 0 Å². The minimum Gasteiger partial charge on any atom is -0.351 e. The Hall–Kier alpha value is -2.53. The summed E-state index contributed by atoms with van der Waals surface area (Å²) in [6.07, 6.45) is 0. The van der Waals surface area contributed by atoms with Gasteiger partial charge in [0.1, 0.15) is 5.69 Å². The number of hydrogen-bond donors (Lipinski definition) is 2. The predicted octanol–water partition coefficient (Wildman–Crippen LogP) is 5.44. The molecule has 5 rings (SSSR count). The Morgan fingerprint density at radius 1 is 0.800 bits per heavy atom. The monoisotopic (exact) mass is 437 g/mol. The van der Waals surface area contributed by atoms with Gasteiger partial charge in [-0.3, -0.25) is 9.48 Å². The maximum atomic E-state index is 6.36. The summed E-state index contributed by atoms with van der Waals surface area (Å²) in [5, 5.41) is 8.77. The largest absolute Gasteiger partial charge is 0.351 e. The molecule has 0 aliphatic carbocycles. The Labute approximate surface area is 186 Å². The van der Waals surface area contributed by atoms with Crippen molar-refractivity contribution in [2.75, 3.05) is 36.8 Å². The van der Waals surface area contributed by atoms with Crippen LogP contribution in [0.5, 0.6) is 0 Å². The molecule has 0 amide bonds. The van der Waals surface area contributed by atoms with Crippen molar-refractivity contribution in [2.24, 2.45) is 0 Å². The Balaban J connectivity index is 1.43. The highest BCUT2D eigenvalue weighted by atomic mass is 35.5. The van der Waals surface area contributed by atoms with Crippen LogP contribution in [-0.2, 0) is 6.54 Å². The van der Waals surface area contributed by atoms with Crippen molar-refractivity contribution in [3.8, 4) is 0 Å². The molecule has 4 nitrogen and oxygen atoms in total. The smallest absolute Gasteiger partial charge is 0.284 e. The summed E-state index contributed by atoms with van der Waals surface area (Å²) in [4.78, 5) is 2.46. The van der Waals surface area contributed by atoms with E-state index in [0.29, 0.717) is 0 Å².